The summed E-state index contributed by atoms with van der Waals surface area (Å²) >= 11 is 0. The van der Waals surface area contributed by atoms with Crippen LogP contribution in [-0.4, -0.2) is 61.2 Å². The molecule has 9 heteroatoms. The number of nitrogens with one attached hydrogen (secondary N) is 1. The molecule has 9 nitrogen and oxygen atoms in total. The van der Waals surface area contributed by atoms with Gasteiger partial charge in [-0.15, -0.1) is 0 Å². The molecule has 1 aliphatic rings. The predicted molar refractivity (Wildman–Crippen MR) is 110 cm³/mol. The first-order valence-corrected chi connectivity index (χ1v) is 9.60. The maximum atomic E-state index is 12.5. The number of carbonyl (C=O) groups is 1. The fourth-order valence-electron chi connectivity index (χ4n) is 3.47. The van der Waals surface area contributed by atoms with Crippen molar-refractivity contribution in [2.24, 2.45) is 5.73 Å². The standard InChI is InChI=1S/C20H24N8O/c1-13-9-14(2)28(26-13)18-10-17(23-19(29)12-27-8-6-15(21)11-27)24-20(25-18)16-5-3-4-7-22-16/h3-5,7,9-10,15H,6,8,11-12,21H2,1-2H3,(H,23,24,25,29)/t15-/m0/s1. The molecule has 1 fully saturated rings. The van der Waals surface area contributed by atoms with Gasteiger partial charge in [-0.2, -0.15) is 5.10 Å². The number of aromatic nitrogens is 5. The number of hydrogen-bond donors (Lipinski definition) is 2. The maximum absolute atomic E-state index is 12.5. The molecule has 150 valence electrons. The van der Waals surface area contributed by atoms with Gasteiger partial charge in [0.15, 0.2) is 11.6 Å². The number of hydrogen-bond acceptors (Lipinski definition) is 7. The molecule has 3 aromatic rings. The van der Waals surface area contributed by atoms with Crippen LogP contribution in [0.2, 0.25) is 0 Å². The number of carbonyl (C=O) groups excluding carboxylic acids is 1. The number of likely N-dealkylation sites (tertiary alicyclic amines) is 1. The Kier molecular flexibility index (Phi) is 5.32. The van der Waals surface area contributed by atoms with Crippen LogP contribution in [0.15, 0.2) is 36.5 Å². The van der Waals surface area contributed by atoms with E-state index in [-0.39, 0.29) is 18.5 Å². The smallest absolute Gasteiger partial charge is 0.239 e. The zero-order valence-electron chi connectivity index (χ0n) is 16.5. The third kappa shape index (κ3) is 4.47. The first-order valence-electron chi connectivity index (χ1n) is 9.60. The highest BCUT2D eigenvalue weighted by molar-refractivity contribution is 5.91. The van der Waals surface area contributed by atoms with Crippen molar-refractivity contribution in [3.8, 4) is 17.3 Å². The molecule has 0 bridgehead atoms. The van der Waals surface area contributed by atoms with Crippen LogP contribution in [0.5, 0.6) is 0 Å². The minimum Gasteiger partial charge on any atom is -0.326 e. The molecule has 1 aliphatic heterocycles. The molecule has 0 unspecified atom stereocenters. The summed E-state index contributed by atoms with van der Waals surface area (Å²) in [5.41, 5.74) is 8.38. The van der Waals surface area contributed by atoms with E-state index in [0.29, 0.717) is 23.2 Å². The Labute approximate surface area is 169 Å². The van der Waals surface area contributed by atoms with Crippen molar-refractivity contribution < 1.29 is 4.79 Å². The first kappa shape index (κ1) is 19.2. The summed E-state index contributed by atoms with van der Waals surface area (Å²) in [5.74, 6) is 1.28. The van der Waals surface area contributed by atoms with Crippen molar-refractivity contribution in [2.75, 3.05) is 25.0 Å². The van der Waals surface area contributed by atoms with Crippen molar-refractivity contribution in [3.63, 3.8) is 0 Å². The van der Waals surface area contributed by atoms with Crippen LogP contribution in [0.4, 0.5) is 5.82 Å². The zero-order valence-corrected chi connectivity index (χ0v) is 16.5. The molecule has 4 rings (SSSR count). The van der Waals surface area contributed by atoms with E-state index >= 15 is 0 Å². The third-order valence-corrected chi connectivity index (χ3v) is 4.78. The van der Waals surface area contributed by atoms with Gasteiger partial charge in [0.25, 0.3) is 0 Å². The molecule has 3 N–H and O–H groups in total. The van der Waals surface area contributed by atoms with Crippen molar-refractivity contribution in [2.45, 2.75) is 26.3 Å². The number of nitrogens with two attached hydrogens (primary N) is 1. The van der Waals surface area contributed by atoms with E-state index in [1.54, 1.807) is 16.9 Å². The number of rotatable bonds is 5. The molecule has 1 amide bonds. The van der Waals surface area contributed by atoms with Crippen molar-refractivity contribution in [1.82, 2.24) is 29.6 Å². The average Bonchev–Trinajstić information content (AvgIpc) is 3.26. The van der Waals surface area contributed by atoms with E-state index in [2.05, 4.69) is 25.4 Å². The molecular weight excluding hydrogens is 368 g/mol. The fraction of sp³-hybridized carbons (Fsp3) is 0.350. The Balaban J connectivity index is 1.64. The van der Waals surface area contributed by atoms with Crippen molar-refractivity contribution in [3.05, 3.63) is 47.9 Å². The molecule has 0 aromatic carbocycles. The van der Waals surface area contributed by atoms with Crippen LogP contribution in [0, 0.1) is 13.8 Å². The van der Waals surface area contributed by atoms with E-state index in [9.17, 15) is 4.79 Å². The second-order valence-electron chi connectivity index (χ2n) is 7.32. The summed E-state index contributed by atoms with van der Waals surface area (Å²) < 4.78 is 1.73. The van der Waals surface area contributed by atoms with Crippen LogP contribution in [0.3, 0.4) is 0 Å². The Morgan fingerprint density at radius 1 is 1.28 bits per heavy atom. The lowest BCUT2D eigenvalue weighted by Crippen LogP contribution is -2.33. The van der Waals surface area contributed by atoms with E-state index in [1.165, 1.54) is 0 Å². The minimum absolute atomic E-state index is 0.134. The molecule has 0 radical (unpaired) electrons. The lowest BCUT2D eigenvalue weighted by atomic mass is 10.3. The topological polar surface area (TPSA) is 115 Å². The number of aryl methyl sites for hydroxylation is 2. The molecule has 1 saturated heterocycles. The first-order chi connectivity index (χ1) is 14.0. The average molecular weight is 392 g/mol. The van der Waals surface area contributed by atoms with E-state index in [1.807, 2.05) is 43.0 Å². The van der Waals surface area contributed by atoms with Crippen molar-refractivity contribution in [1.29, 1.82) is 0 Å². The molecule has 0 aliphatic carbocycles. The largest absolute Gasteiger partial charge is 0.326 e. The summed E-state index contributed by atoms with van der Waals surface area (Å²) in [5, 5.41) is 7.39. The summed E-state index contributed by atoms with van der Waals surface area (Å²) in [7, 11) is 0. The second kappa shape index (κ2) is 8.06. The molecule has 1 atom stereocenters. The summed E-state index contributed by atoms with van der Waals surface area (Å²) in [6, 6.07) is 9.36. The summed E-state index contributed by atoms with van der Waals surface area (Å²) in [4.78, 5) is 28.1. The number of amides is 1. The zero-order chi connectivity index (χ0) is 20.4. The molecule has 0 spiro atoms. The van der Waals surface area contributed by atoms with Crippen LogP contribution >= 0.6 is 0 Å². The lowest BCUT2D eigenvalue weighted by molar-refractivity contribution is -0.117. The highest BCUT2D eigenvalue weighted by Gasteiger charge is 2.21. The molecule has 29 heavy (non-hydrogen) atoms. The van der Waals surface area contributed by atoms with Gasteiger partial charge in [-0.1, -0.05) is 6.07 Å². The van der Waals surface area contributed by atoms with Gasteiger partial charge in [-0.05, 0) is 38.5 Å². The van der Waals surface area contributed by atoms with Gasteiger partial charge in [0.05, 0.1) is 12.2 Å². The Bertz CT molecular complexity index is 1020. The van der Waals surface area contributed by atoms with Crippen LogP contribution in [-0.2, 0) is 4.79 Å². The molecular formula is C20H24N8O. The number of nitrogens with zero attached hydrogens (tertiary/aromatic N) is 6. The SMILES string of the molecule is Cc1cc(C)n(-c2cc(NC(=O)CN3CC[C@H](N)C3)nc(-c3ccccn3)n2)n1. The molecule has 3 aromatic heterocycles. The van der Waals surface area contributed by atoms with Crippen molar-refractivity contribution >= 4 is 11.7 Å². The normalized spacial score (nSPS) is 16.9. The van der Waals surface area contributed by atoms with Gasteiger partial charge in [0.1, 0.15) is 11.5 Å². The quantitative estimate of drug-likeness (QED) is 0.673. The van der Waals surface area contributed by atoms with Crippen LogP contribution in [0.1, 0.15) is 17.8 Å². The van der Waals surface area contributed by atoms with Gasteiger partial charge >= 0.3 is 0 Å². The lowest BCUT2D eigenvalue weighted by Gasteiger charge is -2.15. The van der Waals surface area contributed by atoms with Crippen LogP contribution < -0.4 is 11.1 Å². The van der Waals surface area contributed by atoms with Gasteiger partial charge in [-0.25, -0.2) is 14.6 Å². The number of pyridine rings is 1. The highest BCUT2D eigenvalue weighted by atomic mass is 16.2. The van der Waals surface area contributed by atoms with E-state index < -0.39 is 0 Å². The predicted octanol–water partition coefficient (Wildman–Crippen LogP) is 1.31. The Morgan fingerprint density at radius 2 is 2.14 bits per heavy atom. The maximum Gasteiger partial charge on any atom is 0.239 e. The Hall–Kier alpha value is -3.17. The Morgan fingerprint density at radius 3 is 2.79 bits per heavy atom. The van der Waals surface area contributed by atoms with Crippen LogP contribution in [0.25, 0.3) is 17.3 Å². The van der Waals surface area contributed by atoms with Gasteiger partial charge in [-0.3, -0.25) is 14.7 Å². The minimum atomic E-state index is -0.135. The molecule has 0 saturated carbocycles. The van der Waals surface area contributed by atoms with Gasteiger partial charge in [0.2, 0.25) is 5.91 Å². The number of anilines is 1. The van der Waals surface area contributed by atoms with Gasteiger partial charge < -0.3 is 11.1 Å². The molecule has 4 heterocycles. The summed E-state index contributed by atoms with van der Waals surface area (Å²) in [6.45, 7) is 5.72. The van der Waals surface area contributed by atoms with Gasteiger partial charge in [0, 0.05) is 37.1 Å². The monoisotopic (exact) mass is 392 g/mol. The summed E-state index contributed by atoms with van der Waals surface area (Å²) in [6.07, 6.45) is 2.59. The third-order valence-electron chi connectivity index (χ3n) is 4.78. The second-order valence-corrected chi connectivity index (χ2v) is 7.32. The van der Waals surface area contributed by atoms with E-state index in [4.69, 9.17) is 5.73 Å². The van der Waals surface area contributed by atoms with E-state index in [0.717, 1.165) is 30.9 Å². The highest BCUT2D eigenvalue weighted by Crippen LogP contribution is 2.19. The fourth-order valence-corrected chi connectivity index (χ4v) is 3.47.